The number of methoxy groups -OCH3 is 1. The van der Waals surface area contributed by atoms with E-state index < -0.39 is 23.5 Å². The fourth-order valence-electron chi connectivity index (χ4n) is 7.10. The molecule has 36 heavy (non-hydrogen) atoms. The molecule has 1 unspecified atom stereocenters. The summed E-state index contributed by atoms with van der Waals surface area (Å²) in [6, 6.07) is 15.9. The number of carbonyl (C=O) groups excluding carboxylic acids is 2. The van der Waals surface area contributed by atoms with E-state index in [1.54, 1.807) is 11.8 Å². The first-order valence-corrected chi connectivity index (χ1v) is 12.1. The summed E-state index contributed by atoms with van der Waals surface area (Å²) in [7, 11) is 3.11. The SMILES string of the molecule is COC(=O)[C@]1(O)CC2O[C@@]1(C)n1c3ccccc3c3c4c(c5c6ccccc6n2c5c31)C(=O)N(C)C4. The zero-order valence-corrected chi connectivity index (χ0v) is 20.0. The molecular formula is C28H23N3O5. The van der Waals surface area contributed by atoms with Gasteiger partial charge in [-0.15, -0.1) is 0 Å². The highest BCUT2D eigenvalue weighted by Crippen LogP contribution is 2.58. The highest BCUT2D eigenvalue weighted by Gasteiger charge is 2.65. The Hall–Kier alpha value is -3.88. The lowest BCUT2D eigenvalue weighted by atomic mass is 9.88. The van der Waals surface area contributed by atoms with Crippen molar-refractivity contribution in [1.29, 1.82) is 0 Å². The standard InChI is InChI=1S/C28H23N3O5/c1-27-28(34,26(33)35-3)12-19(36-27)30-17-10-6-4-8-14(17)21-22-16(13-29(2)25(22)32)20-15-9-5-7-11-18(15)31(27)24(20)23(21)30/h4-11,19,34H,12-13H2,1-3H3/t19?,27-,28-/m1/s1. The molecule has 5 aromatic rings. The first-order valence-electron chi connectivity index (χ1n) is 12.1. The smallest absolute Gasteiger partial charge is 0.343 e. The van der Waals surface area contributed by atoms with Gasteiger partial charge < -0.3 is 28.6 Å². The van der Waals surface area contributed by atoms with Crippen molar-refractivity contribution in [2.75, 3.05) is 14.2 Å². The van der Waals surface area contributed by atoms with Crippen molar-refractivity contribution in [2.24, 2.45) is 0 Å². The summed E-state index contributed by atoms with van der Waals surface area (Å²) in [6.07, 6.45) is -0.627. The molecule has 1 amide bonds. The van der Waals surface area contributed by atoms with Crippen molar-refractivity contribution in [3.63, 3.8) is 0 Å². The fraction of sp³-hybridized carbons (Fsp3) is 0.286. The minimum atomic E-state index is -1.93. The summed E-state index contributed by atoms with van der Waals surface area (Å²) in [5, 5.41) is 15.8. The van der Waals surface area contributed by atoms with Crippen molar-refractivity contribution in [3.05, 3.63) is 59.7 Å². The third-order valence-corrected chi connectivity index (χ3v) is 8.66. The number of aliphatic hydroxyl groups is 1. The van der Waals surface area contributed by atoms with Gasteiger partial charge in [-0.2, -0.15) is 0 Å². The largest absolute Gasteiger partial charge is 0.467 e. The van der Waals surface area contributed by atoms with Gasteiger partial charge in [0.05, 0.1) is 34.7 Å². The lowest BCUT2D eigenvalue weighted by Gasteiger charge is -2.37. The monoisotopic (exact) mass is 481 g/mol. The van der Waals surface area contributed by atoms with Gasteiger partial charge in [0.2, 0.25) is 5.60 Å². The Morgan fingerprint density at radius 1 is 1.06 bits per heavy atom. The second-order valence-electron chi connectivity index (χ2n) is 10.3. The number of aromatic nitrogens is 2. The van der Waals surface area contributed by atoms with Gasteiger partial charge in [-0.05, 0) is 24.6 Å². The maximum absolute atomic E-state index is 13.6. The molecule has 2 aromatic heterocycles. The summed E-state index contributed by atoms with van der Waals surface area (Å²) >= 11 is 0. The summed E-state index contributed by atoms with van der Waals surface area (Å²) in [6.45, 7) is 2.25. The van der Waals surface area contributed by atoms with E-state index in [2.05, 4.69) is 4.57 Å². The Bertz CT molecular complexity index is 1870. The van der Waals surface area contributed by atoms with Crippen LogP contribution in [-0.2, 0) is 26.5 Å². The number of nitrogens with zero attached hydrogens (tertiary/aromatic N) is 3. The highest BCUT2D eigenvalue weighted by atomic mass is 16.6. The van der Waals surface area contributed by atoms with Crippen molar-refractivity contribution in [2.45, 2.75) is 37.4 Å². The third-order valence-electron chi connectivity index (χ3n) is 8.66. The normalized spacial score (nSPS) is 26.6. The van der Waals surface area contributed by atoms with Crippen LogP contribution in [0.15, 0.2) is 48.5 Å². The van der Waals surface area contributed by atoms with E-state index in [1.165, 1.54) is 7.11 Å². The molecule has 0 radical (unpaired) electrons. The second kappa shape index (κ2) is 6.08. The predicted octanol–water partition coefficient (Wildman–Crippen LogP) is 4.00. The Labute approximate surface area is 205 Å². The molecule has 0 aliphatic carbocycles. The first-order chi connectivity index (χ1) is 17.3. The van der Waals surface area contributed by atoms with Crippen LogP contribution in [0.1, 0.15) is 35.5 Å². The van der Waals surface area contributed by atoms with Crippen LogP contribution in [0.2, 0.25) is 0 Å². The summed E-state index contributed by atoms with van der Waals surface area (Å²) in [4.78, 5) is 28.5. The molecule has 3 aliphatic rings. The lowest BCUT2D eigenvalue weighted by Crippen LogP contribution is -2.56. The molecule has 3 atom stereocenters. The van der Waals surface area contributed by atoms with Gasteiger partial charge in [0.1, 0.15) is 6.23 Å². The number of hydrogen-bond acceptors (Lipinski definition) is 5. The van der Waals surface area contributed by atoms with E-state index in [-0.39, 0.29) is 12.3 Å². The maximum atomic E-state index is 13.6. The number of hydrogen-bond donors (Lipinski definition) is 1. The minimum absolute atomic E-state index is 0.000707. The first kappa shape index (κ1) is 20.3. The molecule has 2 bridgehead atoms. The topological polar surface area (TPSA) is 85.9 Å². The molecule has 8 heteroatoms. The minimum Gasteiger partial charge on any atom is -0.467 e. The van der Waals surface area contributed by atoms with Crippen LogP contribution in [0.25, 0.3) is 43.6 Å². The number of carbonyl (C=O) groups is 2. The molecular weight excluding hydrogens is 458 g/mol. The van der Waals surface area contributed by atoms with Crippen molar-refractivity contribution < 1.29 is 24.2 Å². The molecule has 8 nitrogen and oxygen atoms in total. The van der Waals surface area contributed by atoms with E-state index in [9.17, 15) is 14.7 Å². The average molecular weight is 482 g/mol. The van der Waals surface area contributed by atoms with E-state index in [0.717, 1.165) is 54.7 Å². The molecule has 5 heterocycles. The number of ether oxygens (including phenoxy) is 2. The number of esters is 1. The van der Waals surface area contributed by atoms with Crippen LogP contribution in [0.5, 0.6) is 0 Å². The summed E-state index contributed by atoms with van der Waals surface area (Å²) < 4.78 is 15.9. The van der Waals surface area contributed by atoms with Crippen molar-refractivity contribution in [1.82, 2.24) is 14.0 Å². The van der Waals surface area contributed by atoms with Gasteiger partial charge in [0.15, 0.2) is 5.72 Å². The van der Waals surface area contributed by atoms with E-state index in [0.29, 0.717) is 6.54 Å². The van der Waals surface area contributed by atoms with Crippen LogP contribution in [0.3, 0.4) is 0 Å². The van der Waals surface area contributed by atoms with E-state index in [4.69, 9.17) is 9.47 Å². The molecule has 0 spiro atoms. The number of fused-ring (bicyclic) bond motifs is 13. The third kappa shape index (κ3) is 1.93. The van der Waals surface area contributed by atoms with Gasteiger partial charge in [0.25, 0.3) is 5.91 Å². The zero-order valence-electron chi connectivity index (χ0n) is 20.0. The van der Waals surface area contributed by atoms with Gasteiger partial charge in [-0.3, -0.25) is 4.79 Å². The van der Waals surface area contributed by atoms with Crippen molar-refractivity contribution in [3.8, 4) is 0 Å². The molecule has 1 saturated heterocycles. The predicted molar refractivity (Wildman–Crippen MR) is 134 cm³/mol. The maximum Gasteiger partial charge on any atom is 0.343 e. The Balaban J connectivity index is 1.73. The lowest BCUT2D eigenvalue weighted by molar-refractivity contribution is -0.202. The Morgan fingerprint density at radius 3 is 2.44 bits per heavy atom. The molecule has 0 saturated carbocycles. The van der Waals surface area contributed by atoms with Crippen LogP contribution < -0.4 is 0 Å². The Kier molecular flexibility index (Phi) is 3.44. The molecule has 3 aliphatic heterocycles. The summed E-state index contributed by atoms with van der Waals surface area (Å²) in [5.41, 5.74) is 1.79. The Morgan fingerprint density at radius 2 is 1.72 bits per heavy atom. The van der Waals surface area contributed by atoms with Gasteiger partial charge in [0, 0.05) is 41.6 Å². The van der Waals surface area contributed by atoms with Crippen LogP contribution in [0, 0.1) is 0 Å². The molecule has 1 N–H and O–H groups in total. The molecule has 1 fully saturated rings. The fourth-order valence-corrected chi connectivity index (χ4v) is 7.10. The molecule has 3 aromatic carbocycles. The number of rotatable bonds is 1. The van der Waals surface area contributed by atoms with E-state index in [1.807, 2.05) is 60.1 Å². The van der Waals surface area contributed by atoms with E-state index >= 15 is 0 Å². The second-order valence-corrected chi connectivity index (χ2v) is 10.3. The number of amides is 1. The number of para-hydroxylation sites is 2. The summed E-state index contributed by atoms with van der Waals surface area (Å²) in [5.74, 6) is -0.732. The zero-order chi connectivity index (χ0) is 24.7. The van der Waals surface area contributed by atoms with Gasteiger partial charge in [-0.25, -0.2) is 4.79 Å². The van der Waals surface area contributed by atoms with Crippen LogP contribution >= 0.6 is 0 Å². The number of benzene rings is 3. The highest BCUT2D eigenvalue weighted by molar-refractivity contribution is 6.31. The van der Waals surface area contributed by atoms with Crippen LogP contribution in [0.4, 0.5) is 0 Å². The molecule has 180 valence electrons. The van der Waals surface area contributed by atoms with Gasteiger partial charge in [-0.1, -0.05) is 36.4 Å². The van der Waals surface area contributed by atoms with Crippen LogP contribution in [-0.4, -0.2) is 50.8 Å². The van der Waals surface area contributed by atoms with Gasteiger partial charge >= 0.3 is 5.97 Å². The van der Waals surface area contributed by atoms with Crippen molar-refractivity contribution >= 4 is 55.5 Å². The average Bonchev–Trinajstić information content (AvgIpc) is 3.54. The molecule has 8 rings (SSSR count). The quantitative estimate of drug-likeness (QED) is 0.366.